The highest BCUT2D eigenvalue weighted by atomic mass is 79.9. The number of halogens is 5. The van der Waals surface area contributed by atoms with Crippen LogP contribution < -0.4 is 0 Å². The standard InChI is InChI=1S/C20H11BrClF3O2/c21-14-4-1-12(2-5-14)18(26)9-6-15-7-10-19(27-15)16-11-13(20(23,24)25)3-8-17(16)22/h1-11H/b9-6+. The van der Waals surface area contributed by atoms with E-state index in [2.05, 4.69) is 15.9 Å². The summed E-state index contributed by atoms with van der Waals surface area (Å²) in [5.41, 5.74) is -0.187. The molecule has 0 unspecified atom stereocenters. The summed E-state index contributed by atoms with van der Waals surface area (Å²) < 4.78 is 45.1. The Morgan fingerprint density at radius 3 is 2.41 bits per heavy atom. The molecule has 7 heteroatoms. The lowest BCUT2D eigenvalue weighted by atomic mass is 10.1. The van der Waals surface area contributed by atoms with Gasteiger partial charge in [0.1, 0.15) is 11.5 Å². The minimum absolute atomic E-state index is 0.130. The molecule has 2 aromatic carbocycles. The Hall–Kier alpha value is -2.31. The van der Waals surface area contributed by atoms with E-state index in [0.29, 0.717) is 11.3 Å². The molecule has 1 aromatic heterocycles. The number of hydrogen-bond acceptors (Lipinski definition) is 2. The molecular formula is C20H11BrClF3O2. The maximum absolute atomic E-state index is 12.9. The van der Waals surface area contributed by atoms with Gasteiger partial charge in [0.05, 0.1) is 10.6 Å². The van der Waals surface area contributed by atoms with Crippen LogP contribution in [0.5, 0.6) is 0 Å². The van der Waals surface area contributed by atoms with Crippen molar-refractivity contribution in [3.63, 3.8) is 0 Å². The zero-order valence-electron chi connectivity index (χ0n) is 13.6. The summed E-state index contributed by atoms with van der Waals surface area (Å²) in [7, 11) is 0. The predicted octanol–water partition coefficient (Wildman–Crippen LogP) is 7.28. The van der Waals surface area contributed by atoms with Crippen molar-refractivity contribution in [2.45, 2.75) is 6.18 Å². The first-order valence-electron chi connectivity index (χ1n) is 7.69. The van der Waals surface area contributed by atoms with E-state index in [1.54, 1.807) is 30.3 Å². The zero-order valence-corrected chi connectivity index (χ0v) is 15.9. The Morgan fingerprint density at radius 1 is 1.04 bits per heavy atom. The van der Waals surface area contributed by atoms with E-state index >= 15 is 0 Å². The summed E-state index contributed by atoms with van der Waals surface area (Å²) >= 11 is 9.30. The summed E-state index contributed by atoms with van der Waals surface area (Å²) in [6, 6.07) is 12.9. The van der Waals surface area contributed by atoms with E-state index in [9.17, 15) is 18.0 Å². The molecular weight excluding hydrogens is 445 g/mol. The molecule has 0 radical (unpaired) electrons. The van der Waals surface area contributed by atoms with Crippen LogP contribution in [0.4, 0.5) is 13.2 Å². The van der Waals surface area contributed by atoms with Crippen LogP contribution in [0.1, 0.15) is 21.7 Å². The van der Waals surface area contributed by atoms with E-state index in [4.69, 9.17) is 16.0 Å². The summed E-state index contributed by atoms with van der Waals surface area (Å²) in [5.74, 6) is 0.281. The van der Waals surface area contributed by atoms with E-state index in [1.165, 1.54) is 24.3 Å². The Kier molecular flexibility index (Phi) is 5.58. The first-order chi connectivity index (χ1) is 12.7. The summed E-state index contributed by atoms with van der Waals surface area (Å²) in [6.07, 6.45) is -1.69. The van der Waals surface area contributed by atoms with Crippen LogP contribution in [0.3, 0.4) is 0 Å². The fourth-order valence-corrected chi connectivity index (χ4v) is 2.82. The predicted molar refractivity (Wildman–Crippen MR) is 102 cm³/mol. The molecule has 0 aliphatic heterocycles. The van der Waals surface area contributed by atoms with Crippen molar-refractivity contribution in [2.75, 3.05) is 0 Å². The van der Waals surface area contributed by atoms with Crippen LogP contribution in [0.25, 0.3) is 17.4 Å². The molecule has 138 valence electrons. The third-order valence-corrected chi connectivity index (χ3v) is 4.57. The number of benzene rings is 2. The molecule has 0 aliphatic rings. The van der Waals surface area contributed by atoms with Crippen LogP contribution in [0.2, 0.25) is 5.02 Å². The number of carbonyl (C=O) groups excluding carboxylic acids is 1. The van der Waals surface area contributed by atoms with E-state index in [1.807, 2.05) is 0 Å². The molecule has 0 aliphatic carbocycles. The van der Waals surface area contributed by atoms with Crippen molar-refractivity contribution in [3.8, 4) is 11.3 Å². The fourth-order valence-electron chi connectivity index (χ4n) is 2.35. The second kappa shape index (κ2) is 7.74. The monoisotopic (exact) mass is 454 g/mol. The quantitative estimate of drug-likeness (QED) is 0.306. The average Bonchev–Trinajstić information content (AvgIpc) is 3.08. The number of hydrogen-bond donors (Lipinski definition) is 0. The van der Waals surface area contributed by atoms with E-state index in [-0.39, 0.29) is 22.1 Å². The molecule has 0 N–H and O–H groups in total. The molecule has 2 nitrogen and oxygen atoms in total. The summed E-state index contributed by atoms with van der Waals surface area (Å²) in [6.45, 7) is 0. The molecule has 0 atom stereocenters. The molecule has 3 rings (SSSR count). The van der Waals surface area contributed by atoms with Crippen molar-refractivity contribution in [1.82, 2.24) is 0 Å². The molecule has 0 amide bonds. The van der Waals surface area contributed by atoms with Gasteiger partial charge in [0.25, 0.3) is 0 Å². The minimum Gasteiger partial charge on any atom is -0.457 e. The number of rotatable bonds is 4. The zero-order chi connectivity index (χ0) is 19.6. The second-order valence-corrected chi connectivity index (χ2v) is 6.92. The van der Waals surface area contributed by atoms with Gasteiger partial charge in [0.2, 0.25) is 0 Å². The Bertz CT molecular complexity index is 1000. The highest BCUT2D eigenvalue weighted by Crippen LogP contribution is 2.36. The highest BCUT2D eigenvalue weighted by molar-refractivity contribution is 9.10. The van der Waals surface area contributed by atoms with Crippen molar-refractivity contribution >= 4 is 39.4 Å². The number of allylic oxidation sites excluding steroid dienone is 1. The smallest absolute Gasteiger partial charge is 0.416 e. The van der Waals surface area contributed by atoms with Gasteiger partial charge in [-0.3, -0.25) is 4.79 Å². The lowest BCUT2D eigenvalue weighted by Gasteiger charge is -2.09. The molecule has 0 saturated heterocycles. The molecule has 0 saturated carbocycles. The minimum atomic E-state index is -4.48. The van der Waals surface area contributed by atoms with Crippen molar-refractivity contribution in [2.24, 2.45) is 0 Å². The first-order valence-corrected chi connectivity index (χ1v) is 8.86. The number of carbonyl (C=O) groups is 1. The normalized spacial score (nSPS) is 11.9. The third kappa shape index (κ3) is 4.70. The fraction of sp³-hybridized carbons (Fsp3) is 0.0500. The number of alkyl halides is 3. The topological polar surface area (TPSA) is 30.2 Å². The van der Waals surface area contributed by atoms with Gasteiger partial charge in [0.15, 0.2) is 5.78 Å². The van der Waals surface area contributed by atoms with Crippen LogP contribution in [-0.2, 0) is 6.18 Å². The second-order valence-electron chi connectivity index (χ2n) is 5.60. The van der Waals surface area contributed by atoms with Gasteiger partial charge in [0, 0.05) is 15.6 Å². The van der Waals surface area contributed by atoms with Gasteiger partial charge < -0.3 is 4.42 Å². The maximum atomic E-state index is 12.9. The van der Waals surface area contributed by atoms with Gasteiger partial charge in [-0.25, -0.2) is 0 Å². The van der Waals surface area contributed by atoms with Gasteiger partial charge in [-0.05, 0) is 66.7 Å². The van der Waals surface area contributed by atoms with Crippen molar-refractivity contribution in [3.05, 3.63) is 87.1 Å². The van der Waals surface area contributed by atoms with Crippen LogP contribution in [0, 0.1) is 0 Å². The van der Waals surface area contributed by atoms with E-state index < -0.39 is 11.7 Å². The highest BCUT2D eigenvalue weighted by Gasteiger charge is 2.31. The lowest BCUT2D eigenvalue weighted by molar-refractivity contribution is -0.137. The van der Waals surface area contributed by atoms with Crippen LogP contribution >= 0.6 is 27.5 Å². The Morgan fingerprint density at radius 2 is 1.74 bits per heavy atom. The first kappa shape index (κ1) is 19.5. The molecule has 1 heterocycles. The maximum Gasteiger partial charge on any atom is 0.416 e. The molecule has 27 heavy (non-hydrogen) atoms. The Balaban J connectivity index is 1.83. The van der Waals surface area contributed by atoms with Crippen LogP contribution in [0.15, 0.2) is 69.6 Å². The van der Waals surface area contributed by atoms with E-state index in [0.717, 1.165) is 16.6 Å². The van der Waals surface area contributed by atoms with Gasteiger partial charge in [-0.15, -0.1) is 0 Å². The molecule has 0 spiro atoms. The Labute approximate surface area is 166 Å². The third-order valence-electron chi connectivity index (χ3n) is 3.71. The van der Waals surface area contributed by atoms with Crippen LogP contribution in [-0.4, -0.2) is 5.78 Å². The summed E-state index contributed by atoms with van der Waals surface area (Å²) in [5, 5.41) is 0.138. The van der Waals surface area contributed by atoms with Crippen molar-refractivity contribution < 1.29 is 22.4 Å². The molecule has 0 bridgehead atoms. The van der Waals surface area contributed by atoms with Gasteiger partial charge in [-0.1, -0.05) is 27.5 Å². The average molecular weight is 456 g/mol. The van der Waals surface area contributed by atoms with Gasteiger partial charge in [-0.2, -0.15) is 13.2 Å². The lowest BCUT2D eigenvalue weighted by Crippen LogP contribution is -2.04. The van der Waals surface area contributed by atoms with Gasteiger partial charge >= 0.3 is 6.18 Å². The van der Waals surface area contributed by atoms with Crippen molar-refractivity contribution in [1.29, 1.82) is 0 Å². The molecule has 3 aromatic rings. The number of furan rings is 1. The largest absolute Gasteiger partial charge is 0.457 e. The SMILES string of the molecule is O=C(/C=C/c1ccc(-c2cc(C(F)(F)F)ccc2Cl)o1)c1ccc(Br)cc1. The molecule has 0 fully saturated rings. The summed E-state index contributed by atoms with van der Waals surface area (Å²) in [4.78, 5) is 12.1. The number of ketones is 1.